The van der Waals surface area contributed by atoms with Crippen molar-refractivity contribution in [2.24, 2.45) is 0 Å². The number of likely N-dealkylation sites (tertiary alicyclic amines) is 1. The first kappa shape index (κ1) is 23.5. The van der Waals surface area contributed by atoms with E-state index in [9.17, 15) is 22.8 Å². The van der Waals surface area contributed by atoms with Crippen LogP contribution in [-0.4, -0.2) is 48.9 Å². The molecule has 1 N–H and O–H groups in total. The van der Waals surface area contributed by atoms with Crippen molar-refractivity contribution in [3.05, 3.63) is 70.8 Å². The molecule has 1 aliphatic rings. The Morgan fingerprint density at radius 2 is 1.53 bits per heavy atom. The van der Waals surface area contributed by atoms with Crippen molar-refractivity contribution in [1.82, 2.24) is 4.90 Å². The van der Waals surface area contributed by atoms with Gasteiger partial charge in [0.25, 0.3) is 0 Å². The number of halogens is 3. The predicted octanol–water partition coefficient (Wildman–Crippen LogP) is 4.48. The number of nitrogens with one attached hydrogen (secondary N) is 1. The summed E-state index contributed by atoms with van der Waals surface area (Å²) in [5.41, 5.74) is 3.83. The van der Waals surface area contributed by atoms with Crippen LogP contribution in [0.5, 0.6) is 0 Å². The van der Waals surface area contributed by atoms with Gasteiger partial charge in [-0.1, -0.05) is 48.5 Å². The Labute approximate surface area is 184 Å². The largest absolute Gasteiger partial charge is 0.471 e. The fraction of sp³-hybridized carbons (Fsp3) is 0.375. The Morgan fingerprint density at radius 3 is 2.03 bits per heavy atom. The number of hydrogen-bond acceptors (Lipinski definition) is 4. The molecule has 1 saturated heterocycles. The molecule has 0 atom stereocenters. The van der Waals surface area contributed by atoms with Gasteiger partial charge in [-0.25, -0.2) is 0 Å². The van der Waals surface area contributed by atoms with E-state index in [0.29, 0.717) is 31.4 Å². The smallest absolute Gasteiger partial charge is 0.469 e. The van der Waals surface area contributed by atoms with Gasteiger partial charge in [0.2, 0.25) is 0 Å². The second-order valence-electron chi connectivity index (χ2n) is 7.83. The number of benzene rings is 2. The number of amides is 1. The SMILES string of the molecule is COC(=O)CCc1ccc(C(=N)c2ccc(C3CCN(C(=O)C(F)(F)F)CC3)cc2)cc1. The summed E-state index contributed by atoms with van der Waals surface area (Å²) >= 11 is 0. The zero-order valence-corrected chi connectivity index (χ0v) is 17.7. The Kier molecular flexibility index (Phi) is 7.33. The summed E-state index contributed by atoms with van der Waals surface area (Å²) in [6, 6.07) is 15.0. The molecule has 1 aliphatic heterocycles. The highest BCUT2D eigenvalue weighted by Gasteiger charge is 2.43. The lowest BCUT2D eigenvalue weighted by molar-refractivity contribution is -0.186. The quantitative estimate of drug-likeness (QED) is 0.526. The standard InChI is InChI=1S/C24H25F3N2O3/c1-32-21(30)11-4-16-2-5-19(6-3-16)22(28)20-9-7-17(8-10-20)18-12-14-29(15-13-18)23(31)24(25,26)27/h2-3,5-10,18,28H,4,11-15H2,1H3. The van der Waals surface area contributed by atoms with Gasteiger partial charge in [-0.05, 0) is 36.3 Å². The monoisotopic (exact) mass is 446 g/mol. The van der Waals surface area contributed by atoms with Crippen LogP contribution in [0.1, 0.15) is 47.4 Å². The van der Waals surface area contributed by atoms with Gasteiger partial charge in [-0.2, -0.15) is 13.2 Å². The number of piperidine rings is 1. The molecule has 1 heterocycles. The maximum Gasteiger partial charge on any atom is 0.471 e. The lowest BCUT2D eigenvalue weighted by Gasteiger charge is -2.32. The summed E-state index contributed by atoms with van der Waals surface area (Å²) in [4.78, 5) is 23.5. The minimum atomic E-state index is -4.83. The third-order valence-electron chi connectivity index (χ3n) is 5.78. The average molecular weight is 446 g/mol. The third kappa shape index (κ3) is 5.75. The van der Waals surface area contributed by atoms with Crippen LogP contribution in [0, 0.1) is 5.41 Å². The van der Waals surface area contributed by atoms with Gasteiger partial charge >= 0.3 is 18.1 Å². The van der Waals surface area contributed by atoms with Crippen molar-refractivity contribution < 1.29 is 27.5 Å². The number of alkyl halides is 3. The molecule has 170 valence electrons. The molecular weight excluding hydrogens is 421 g/mol. The second kappa shape index (κ2) is 9.97. The summed E-state index contributed by atoms with van der Waals surface area (Å²) in [6.07, 6.45) is -2.99. The Morgan fingerprint density at radius 1 is 1.00 bits per heavy atom. The molecule has 1 amide bonds. The molecule has 0 aromatic heterocycles. The van der Waals surface area contributed by atoms with E-state index < -0.39 is 12.1 Å². The zero-order valence-electron chi connectivity index (χ0n) is 17.7. The topological polar surface area (TPSA) is 70.5 Å². The van der Waals surface area contributed by atoms with Crippen molar-refractivity contribution in [1.29, 1.82) is 5.41 Å². The fourth-order valence-corrected chi connectivity index (χ4v) is 3.87. The van der Waals surface area contributed by atoms with Crippen molar-refractivity contribution in [2.75, 3.05) is 20.2 Å². The van der Waals surface area contributed by atoms with Crippen LogP contribution in [0.25, 0.3) is 0 Å². The molecular formula is C24H25F3N2O3. The molecule has 32 heavy (non-hydrogen) atoms. The van der Waals surface area contributed by atoms with Gasteiger partial charge in [0.1, 0.15) is 0 Å². The number of esters is 1. The third-order valence-corrected chi connectivity index (χ3v) is 5.78. The molecule has 5 nitrogen and oxygen atoms in total. The van der Waals surface area contributed by atoms with Crippen LogP contribution in [0.3, 0.4) is 0 Å². The number of nitrogens with zero attached hydrogens (tertiary/aromatic N) is 1. The molecule has 0 bridgehead atoms. The maximum absolute atomic E-state index is 12.6. The predicted molar refractivity (Wildman–Crippen MR) is 114 cm³/mol. The van der Waals surface area contributed by atoms with Crippen molar-refractivity contribution in [2.45, 2.75) is 37.8 Å². The number of methoxy groups -OCH3 is 1. The highest BCUT2D eigenvalue weighted by Crippen LogP contribution is 2.30. The van der Waals surface area contributed by atoms with E-state index in [2.05, 4.69) is 4.74 Å². The van der Waals surface area contributed by atoms with Crippen molar-refractivity contribution in [3.63, 3.8) is 0 Å². The second-order valence-corrected chi connectivity index (χ2v) is 7.83. The first-order chi connectivity index (χ1) is 15.2. The minimum absolute atomic E-state index is 0.0862. The Balaban J connectivity index is 1.58. The van der Waals surface area contributed by atoms with E-state index in [-0.39, 0.29) is 25.0 Å². The number of carbonyl (C=O) groups is 2. The molecule has 0 spiro atoms. The van der Waals surface area contributed by atoms with Crippen molar-refractivity contribution >= 4 is 17.6 Å². The van der Waals surface area contributed by atoms with E-state index in [1.54, 1.807) is 0 Å². The first-order valence-corrected chi connectivity index (χ1v) is 10.4. The Hall–Kier alpha value is -3.16. The first-order valence-electron chi connectivity index (χ1n) is 10.4. The van der Waals surface area contributed by atoms with Gasteiger partial charge in [0.05, 0.1) is 12.8 Å². The number of hydrogen-bond donors (Lipinski definition) is 1. The van der Waals surface area contributed by atoms with Gasteiger partial charge in [0, 0.05) is 30.6 Å². The molecule has 2 aromatic rings. The van der Waals surface area contributed by atoms with Gasteiger partial charge in [-0.15, -0.1) is 0 Å². The fourth-order valence-electron chi connectivity index (χ4n) is 3.87. The number of ether oxygens (including phenoxy) is 1. The molecule has 0 aliphatic carbocycles. The highest BCUT2D eigenvalue weighted by molar-refractivity contribution is 6.10. The van der Waals surface area contributed by atoms with Crippen LogP contribution in [-0.2, 0) is 20.7 Å². The molecule has 0 radical (unpaired) electrons. The lowest BCUT2D eigenvalue weighted by Crippen LogP contribution is -2.45. The average Bonchev–Trinajstić information content (AvgIpc) is 2.81. The van der Waals surface area contributed by atoms with Gasteiger partial charge in [-0.3, -0.25) is 15.0 Å². The summed E-state index contributed by atoms with van der Waals surface area (Å²) in [7, 11) is 1.36. The van der Waals surface area contributed by atoms with E-state index >= 15 is 0 Å². The number of rotatable bonds is 6. The maximum atomic E-state index is 12.6. The summed E-state index contributed by atoms with van der Waals surface area (Å²) < 4.78 is 42.4. The summed E-state index contributed by atoms with van der Waals surface area (Å²) in [5.74, 6) is -1.94. The van der Waals surface area contributed by atoms with Gasteiger partial charge in [0.15, 0.2) is 0 Å². The zero-order chi connectivity index (χ0) is 23.3. The molecule has 3 rings (SSSR count). The molecule has 8 heteroatoms. The van der Waals surface area contributed by atoms with E-state index in [1.807, 2.05) is 48.5 Å². The molecule has 0 saturated carbocycles. The molecule has 0 unspecified atom stereocenters. The van der Waals surface area contributed by atoms with Crippen molar-refractivity contribution in [3.8, 4) is 0 Å². The highest BCUT2D eigenvalue weighted by atomic mass is 19.4. The lowest BCUT2D eigenvalue weighted by atomic mass is 9.88. The molecule has 2 aromatic carbocycles. The normalized spacial score (nSPS) is 14.8. The van der Waals surface area contributed by atoms with Crippen LogP contribution in [0.15, 0.2) is 48.5 Å². The van der Waals surface area contributed by atoms with E-state index in [1.165, 1.54) is 7.11 Å². The van der Waals surface area contributed by atoms with Crippen LogP contribution in [0.4, 0.5) is 13.2 Å². The van der Waals surface area contributed by atoms with Crippen LogP contribution < -0.4 is 0 Å². The van der Waals surface area contributed by atoms with E-state index in [4.69, 9.17) is 5.41 Å². The number of aryl methyl sites for hydroxylation is 1. The molecule has 1 fully saturated rings. The minimum Gasteiger partial charge on any atom is -0.469 e. The van der Waals surface area contributed by atoms with Gasteiger partial charge < -0.3 is 9.64 Å². The summed E-state index contributed by atoms with van der Waals surface area (Å²) in [5, 5.41) is 8.46. The Bertz CT molecular complexity index is 961. The van der Waals surface area contributed by atoms with Crippen LogP contribution >= 0.6 is 0 Å². The van der Waals surface area contributed by atoms with Crippen LogP contribution in [0.2, 0.25) is 0 Å². The number of carbonyl (C=O) groups excluding carboxylic acids is 2. The van der Waals surface area contributed by atoms with E-state index in [0.717, 1.165) is 27.2 Å². The summed E-state index contributed by atoms with van der Waals surface area (Å²) in [6.45, 7) is 0.172.